The first kappa shape index (κ1) is 15.0. The van der Waals surface area contributed by atoms with E-state index in [1.807, 2.05) is 36.8 Å². The molecule has 0 amide bonds. The molecule has 1 fully saturated rings. The van der Waals surface area contributed by atoms with Crippen molar-refractivity contribution in [2.45, 2.75) is 12.6 Å². The summed E-state index contributed by atoms with van der Waals surface area (Å²) in [5.74, 6) is 0. The molecule has 6 nitrogen and oxygen atoms in total. The van der Waals surface area contributed by atoms with Crippen molar-refractivity contribution in [1.82, 2.24) is 30.4 Å². The molecule has 1 atom stereocenters. The molecule has 24 heavy (non-hydrogen) atoms. The molecule has 6 heteroatoms. The number of pyridine rings is 2. The van der Waals surface area contributed by atoms with Crippen LogP contribution < -0.4 is 5.32 Å². The van der Waals surface area contributed by atoms with Gasteiger partial charge in [0, 0.05) is 68.3 Å². The van der Waals surface area contributed by atoms with Crippen molar-refractivity contribution in [2.75, 3.05) is 19.6 Å². The summed E-state index contributed by atoms with van der Waals surface area (Å²) in [6.07, 6.45) is 7.39. The highest BCUT2D eigenvalue weighted by molar-refractivity contribution is 5.57. The van der Waals surface area contributed by atoms with Gasteiger partial charge < -0.3 is 5.32 Å². The summed E-state index contributed by atoms with van der Waals surface area (Å²) < 4.78 is 0. The topological polar surface area (TPSA) is 69.7 Å². The number of hydrogen-bond acceptors (Lipinski definition) is 5. The zero-order chi connectivity index (χ0) is 16.2. The minimum atomic E-state index is 0.331. The predicted molar refractivity (Wildman–Crippen MR) is 92.1 cm³/mol. The fraction of sp³-hybridized carbons (Fsp3) is 0.278. The molecule has 0 aromatic carbocycles. The third-order valence-corrected chi connectivity index (χ3v) is 4.39. The Morgan fingerprint density at radius 1 is 1.12 bits per heavy atom. The van der Waals surface area contributed by atoms with E-state index < -0.39 is 0 Å². The van der Waals surface area contributed by atoms with Crippen molar-refractivity contribution in [3.05, 3.63) is 66.4 Å². The second-order valence-corrected chi connectivity index (χ2v) is 6.00. The van der Waals surface area contributed by atoms with Gasteiger partial charge in [0.15, 0.2) is 0 Å². The lowest BCUT2D eigenvalue weighted by atomic mass is 10.1. The number of H-pyrrole nitrogens is 1. The number of aromatic amines is 1. The molecular weight excluding hydrogens is 300 g/mol. The fourth-order valence-electron chi connectivity index (χ4n) is 3.16. The minimum absolute atomic E-state index is 0.331. The third kappa shape index (κ3) is 3.20. The van der Waals surface area contributed by atoms with Crippen LogP contribution in [0.3, 0.4) is 0 Å². The van der Waals surface area contributed by atoms with Crippen LogP contribution in [0.25, 0.3) is 11.3 Å². The van der Waals surface area contributed by atoms with Gasteiger partial charge in [-0.05, 0) is 29.8 Å². The van der Waals surface area contributed by atoms with Crippen LogP contribution >= 0.6 is 0 Å². The van der Waals surface area contributed by atoms with E-state index in [-0.39, 0.29) is 0 Å². The van der Waals surface area contributed by atoms with Gasteiger partial charge >= 0.3 is 0 Å². The number of nitrogens with one attached hydrogen (secondary N) is 2. The lowest BCUT2D eigenvalue weighted by Gasteiger charge is -2.35. The van der Waals surface area contributed by atoms with Crippen LogP contribution in [0.15, 0.2) is 55.1 Å². The molecule has 0 radical (unpaired) electrons. The molecule has 0 spiro atoms. The van der Waals surface area contributed by atoms with Gasteiger partial charge in [0.1, 0.15) is 0 Å². The van der Waals surface area contributed by atoms with Crippen LogP contribution in [0.5, 0.6) is 0 Å². The average molecular weight is 320 g/mol. The number of hydrogen-bond donors (Lipinski definition) is 2. The van der Waals surface area contributed by atoms with Gasteiger partial charge in [-0.25, -0.2) is 0 Å². The van der Waals surface area contributed by atoms with E-state index in [0.717, 1.165) is 43.1 Å². The quantitative estimate of drug-likeness (QED) is 0.769. The molecule has 1 unspecified atom stereocenters. The molecule has 3 aromatic heterocycles. The van der Waals surface area contributed by atoms with E-state index >= 15 is 0 Å². The van der Waals surface area contributed by atoms with Gasteiger partial charge in [-0.1, -0.05) is 6.07 Å². The highest BCUT2D eigenvalue weighted by Crippen LogP contribution is 2.24. The van der Waals surface area contributed by atoms with Crippen LogP contribution in [-0.2, 0) is 6.54 Å². The van der Waals surface area contributed by atoms with Crippen molar-refractivity contribution >= 4 is 0 Å². The molecule has 1 aliphatic rings. The van der Waals surface area contributed by atoms with Gasteiger partial charge in [0.2, 0.25) is 0 Å². The maximum atomic E-state index is 4.43. The van der Waals surface area contributed by atoms with E-state index in [0.29, 0.717) is 6.04 Å². The maximum Gasteiger partial charge on any atom is 0.0939 e. The first-order valence-corrected chi connectivity index (χ1v) is 8.19. The summed E-state index contributed by atoms with van der Waals surface area (Å²) >= 11 is 0. The Morgan fingerprint density at radius 2 is 2.00 bits per heavy atom. The molecule has 0 aliphatic carbocycles. The number of nitrogens with zero attached hydrogens (tertiary/aromatic N) is 4. The molecular formula is C18H20N6. The Balaban J connectivity index is 1.52. The van der Waals surface area contributed by atoms with Crippen molar-refractivity contribution in [2.24, 2.45) is 0 Å². The molecule has 2 N–H and O–H groups in total. The highest BCUT2D eigenvalue weighted by atomic mass is 15.2. The lowest BCUT2D eigenvalue weighted by Crippen LogP contribution is -2.45. The standard InChI is InChI=1S/C18H20N6/c1-3-14(10-19-5-1)17-9-16(22-23-17)13-24-8-7-21-12-18(24)15-4-2-6-20-11-15/h1-6,9-11,18,21H,7-8,12-13H2,(H,22,23). The molecule has 0 bridgehead atoms. The zero-order valence-corrected chi connectivity index (χ0v) is 13.4. The summed E-state index contributed by atoms with van der Waals surface area (Å²) in [5, 5.41) is 11.1. The van der Waals surface area contributed by atoms with Crippen molar-refractivity contribution in [3.8, 4) is 11.3 Å². The van der Waals surface area contributed by atoms with Crippen molar-refractivity contribution in [3.63, 3.8) is 0 Å². The Kier molecular flexibility index (Phi) is 4.31. The van der Waals surface area contributed by atoms with Gasteiger partial charge in [0.25, 0.3) is 0 Å². The molecule has 1 saturated heterocycles. The van der Waals surface area contributed by atoms with Crippen LogP contribution in [0.2, 0.25) is 0 Å². The summed E-state index contributed by atoms with van der Waals surface area (Å²) in [5.41, 5.74) is 4.33. The monoisotopic (exact) mass is 320 g/mol. The van der Waals surface area contributed by atoms with E-state index in [1.165, 1.54) is 5.56 Å². The SMILES string of the molecule is c1cncc(-c2cc(CN3CCNCC3c3cccnc3)[nH]n2)c1. The molecule has 0 saturated carbocycles. The van der Waals surface area contributed by atoms with E-state index in [1.54, 1.807) is 6.20 Å². The van der Waals surface area contributed by atoms with Gasteiger partial charge in [-0.2, -0.15) is 5.10 Å². The normalized spacial score (nSPS) is 18.6. The Labute approximate surface area is 141 Å². The van der Waals surface area contributed by atoms with Gasteiger partial charge in [0.05, 0.1) is 5.69 Å². The first-order valence-electron chi connectivity index (χ1n) is 8.19. The number of rotatable bonds is 4. The zero-order valence-electron chi connectivity index (χ0n) is 13.4. The van der Waals surface area contributed by atoms with E-state index in [4.69, 9.17) is 0 Å². The van der Waals surface area contributed by atoms with Crippen LogP contribution in [0.1, 0.15) is 17.3 Å². The Hall–Kier alpha value is -2.57. The van der Waals surface area contributed by atoms with Gasteiger partial charge in [-0.3, -0.25) is 20.0 Å². The van der Waals surface area contributed by atoms with Crippen molar-refractivity contribution in [1.29, 1.82) is 0 Å². The second-order valence-electron chi connectivity index (χ2n) is 6.00. The predicted octanol–water partition coefficient (Wildman–Crippen LogP) is 2.01. The molecule has 1 aliphatic heterocycles. The van der Waals surface area contributed by atoms with E-state index in [9.17, 15) is 0 Å². The number of aromatic nitrogens is 4. The summed E-state index contributed by atoms with van der Waals surface area (Å²) in [6.45, 7) is 3.78. The maximum absolute atomic E-state index is 4.43. The Bertz CT molecular complexity index is 770. The van der Waals surface area contributed by atoms with Gasteiger partial charge in [-0.15, -0.1) is 0 Å². The smallest absolute Gasteiger partial charge is 0.0939 e. The first-order chi connectivity index (χ1) is 11.9. The third-order valence-electron chi connectivity index (χ3n) is 4.39. The highest BCUT2D eigenvalue weighted by Gasteiger charge is 2.24. The van der Waals surface area contributed by atoms with Crippen LogP contribution in [0, 0.1) is 0 Å². The average Bonchev–Trinajstić information content (AvgIpc) is 3.12. The second kappa shape index (κ2) is 6.90. The number of piperazine rings is 1. The summed E-state index contributed by atoms with van der Waals surface area (Å²) in [7, 11) is 0. The van der Waals surface area contributed by atoms with E-state index in [2.05, 4.69) is 42.5 Å². The molecule has 4 heterocycles. The van der Waals surface area contributed by atoms with Crippen molar-refractivity contribution < 1.29 is 0 Å². The van der Waals surface area contributed by atoms with Crippen LogP contribution in [-0.4, -0.2) is 44.7 Å². The summed E-state index contributed by atoms with van der Waals surface area (Å²) in [4.78, 5) is 10.9. The largest absolute Gasteiger partial charge is 0.314 e. The fourth-order valence-corrected chi connectivity index (χ4v) is 3.16. The Morgan fingerprint density at radius 3 is 2.79 bits per heavy atom. The molecule has 4 rings (SSSR count). The lowest BCUT2D eigenvalue weighted by molar-refractivity contribution is 0.151. The molecule has 3 aromatic rings. The minimum Gasteiger partial charge on any atom is -0.314 e. The molecule has 122 valence electrons. The van der Waals surface area contributed by atoms with Crippen LogP contribution in [0.4, 0.5) is 0 Å². The summed E-state index contributed by atoms with van der Waals surface area (Å²) in [6, 6.07) is 10.5.